The molecule has 0 spiro atoms. The van der Waals surface area contributed by atoms with Crippen LogP contribution < -0.4 is 5.56 Å². The van der Waals surface area contributed by atoms with Crippen LogP contribution >= 0.6 is 22.9 Å². The van der Waals surface area contributed by atoms with Crippen LogP contribution in [0.3, 0.4) is 0 Å². The van der Waals surface area contributed by atoms with Crippen LogP contribution in [-0.4, -0.2) is 19.5 Å². The third-order valence-corrected chi connectivity index (χ3v) is 5.60. The zero-order chi connectivity index (χ0) is 18.3. The lowest BCUT2D eigenvalue weighted by Gasteiger charge is -2.05. The zero-order valence-corrected chi connectivity index (χ0v) is 16.0. The largest absolute Gasteiger partial charge is 0.335 e. The molecule has 0 radical (unpaired) electrons. The molecule has 3 aromatic heterocycles. The highest BCUT2D eigenvalue weighted by Gasteiger charge is 2.17. The fraction of sp³-hybridized carbons (Fsp3) is 0.211. The first kappa shape index (κ1) is 17.0. The van der Waals surface area contributed by atoms with Gasteiger partial charge in [0.15, 0.2) is 0 Å². The minimum atomic E-state index is -0.126. The van der Waals surface area contributed by atoms with E-state index in [4.69, 9.17) is 16.6 Å². The van der Waals surface area contributed by atoms with Crippen LogP contribution in [-0.2, 0) is 13.0 Å². The molecule has 132 valence electrons. The number of fused-ring (bicyclic) bond motifs is 1. The Morgan fingerprint density at radius 1 is 1.35 bits per heavy atom. The van der Waals surface area contributed by atoms with Crippen molar-refractivity contribution in [3.05, 3.63) is 68.6 Å². The van der Waals surface area contributed by atoms with Gasteiger partial charge in [0.1, 0.15) is 16.5 Å². The number of imidazole rings is 1. The predicted molar refractivity (Wildman–Crippen MR) is 106 cm³/mol. The first-order valence-corrected chi connectivity index (χ1v) is 9.54. The van der Waals surface area contributed by atoms with Crippen molar-refractivity contribution in [2.45, 2.75) is 26.8 Å². The second kappa shape index (κ2) is 6.70. The van der Waals surface area contributed by atoms with E-state index in [2.05, 4.69) is 16.9 Å². The standard InChI is InChI=1S/C19H17ClN4OS/c1-3-24-8-7-21-15(24)10-14-22-18(25)17-16(11(2)26-19(17)23-14)12-5-4-6-13(20)9-12/h4-9H,3,10H2,1-2H3,(H,22,23,25). The third kappa shape index (κ3) is 2.95. The minimum Gasteiger partial charge on any atom is -0.335 e. The van der Waals surface area contributed by atoms with Crippen molar-refractivity contribution in [3.63, 3.8) is 0 Å². The average molecular weight is 385 g/mol. The number of benzene rings is 1. The molecule has 1 aromatic carbocycles. The molecule has 0 saturated carbocycles. The number of rotatable bonds is 4. The lowest BCUT2D eigenvalue weighted by molar-refractivity contribution is 0.703. The predicted octanol–water partition coefficient (Wildman–Crippen LogP) is 4.42. The molecule has 0 fully saturated rings. The van der Waals surface area contributed by atoms with E-state index in [0.29, 0.717) is 22.7 Å². The number of nitrogens with zero attached hydrogens (tertiary/aromatic N) is 3. The molecule has 7 heteroatoms. The van der Waals surface area contributed by atoms with Gasteiger partial charge in [-0.2, -0.15) is 0 Å². The molecule has 0 bridgehead atoms. The van der Waals surface area contributed by atoms with Gasteiger partial charge in [0.05, 0.1) is 11.8 Å². The molecule has 0 saturated heterocycles. The highest BCUT2D eigenvalue weighted by Crippen LogP contribution is 2.36. The van der Waals surface area contributed by atoms with Gasteiger partial charge in [-0.05, 0) is 31.5 Å². The Morgan fingerprint density at radius 3 is 2.96 bits per heavy atom. The van der Waals surface area contributed by atoms with Gasteiger partial charge in [-0.1, -0.05) is 23.7 Å². The SMILES string of the molecule is CCn1ccnc1Cc1nc2sc(C)c(-c3cccc(Cl)c3)c2c(=O)[nH]1. The molecule has 0 atom stereocenters. The molecule has 0 aliphatic carbocycles. The maximum absolute atomic E-state index is 12.8. The van der Waals surface area contributed by atoms with E-state index in [-0.39, 0.29) is 5.56 Å². The van der Waals surface area contributed by atoms with Gasteiger partial charge in [0.25, 0.3) is 5.56 Å². The van der Waals surface area contributed by atoms with Crippen LogP contribution in [0.5, 0.6) is 0 Å². The quantitative estimate of drug-likeness (QED) is 0.566. The summed E-state index contributed by atoms with van der Waals surface area (Å²) in [5.74, 6) is 1.51. The fourth-order valence-corrected chi connectivity index (χ4v) is 4.44. The number of H-pyrrole nitrogens is 1. The molecule has 26 heavy (non-hydrogen) atoms. The molecule has 3 heterocycles. The summed E-state index contributed by atoms with van der Waals surface area (Å²) >= 11 is 7.66. The molecule has 0 unspecified atom stereocenters. The van der Waals surface area contributed by atoms with Gasteiger partial charge < -0.3 is 9.55 Å². The molecule has 1 N–H and O–H groups in total. The fourth-order valence-electron chi connectivity index (χ4n) is 3.18. The lowest BCUT2D eigenvalue weighted by atomic mass is 10.0. The number of thiophene rings is 1. The van der Waals surface area contributed by atoms with E-state index < -0.39 is 0 Å². The first-order valence-electron chi connectivity index (χ1n) is 8.35. The van der Waals surface area contributed by atoms with Gasteiger partial charge >= 0.3 is 0 Å². The van der Waals surface area contributed by atoms with Crippen molar-refractivity contribution in [1.82, 2.24) is 19.5 Å². The van der Waals surface area contributed by atoms with Crippen molar-refractivity contribution in [2.75, 3.05) is 0 Å². The van der Waals surface area contributed by atoms with E-state index in [0.717, 1.165) is 33.2 Å². The summed E-state index contributed by atoms with van der Waals surface area (Å²) in [5.41, 5.74) is 1.71. The molecule has 0 aliphatic rings. The summed E-state index contributed by atoms with van der Waals surface area (Å²) < 4.78 is 2.04. The number of aromatic amines is 1. The molecular formula is C19H17ClN4OS. The Kier molecular flexibility index (Phi) is 4.38. The topological polar surface area (TPSA) is 63.6 Å². The van der Waals surface area contributed by atoms with E-state index in [1.165, 1.54) is 11.3 Å². The number of nitrogens with one attached hydrogen (secondary N) is 1. The van der Waals surface area contributed by atoms with E-state index >= 15 is 0 Å². The van der Waals surface area contributed by atoms with Crippen LogP contribution in [0.2, 0.25) is 5.02 Å². The smallest absolute Gasteiger partial charge is 0.260 e. The second-order valence-corrected chi connectivity index (χ2v) is 7.68. The number of hydrogen-bond acceptors (Lipinski definition) is 4. The number of hydrogen-bond donors (Lipinski definition) is 1. The maximum atomic E-state index is 12.8. The molecule has 0 aliphatic heterocycles. The Morgan fingerprint density at radius 2 is 2.19 bits per heavy atom. The van der Waals surface area contributed by atoms with Gasteiger partial charge in [0, 0.05) is 34.4 Å². The van der Waals surface area contributed by atoms with Gasteiger partial charge in [0.2, 0.25) is 0 Å². The summed E-state index contributed by atoms with van der Waals surface area (Å²) in [6.07, 6.45) is 4.19. The van der Waals surface area contributed by atoms with Crippen LogP contribution in [0.1, 0.15) is 23.4 Å². The Labute approximate surface area is 159 Å². The van der Waals surface area contributed by atoms with E-state index in [9.17, 15) is 4.79 Å². The number of aryl methyl sites for hydroxylation is 2. The van der Waals surface area contributed by atoms with Gasteiger partial charge in [-0.15, -0.1) is 11.3 Å². The van der Waals surface area contributed by atoms with Crippen molar-refractivity contribution < 1.29 is 0 Å². The van der Waals surface area contributed by atoms with Crippen molar-refractivity contribution in [2.24, 2.45) is 0 Å². The third-order valence-electron chi connectivity index (χ3n) is 4.37. The lowest BCUT2D eigenvalue weighted by Crippen LogP contribution is -2.13. The second-order valence-electron chi connectivity index (χ2n) is 6.04. The highest BCUT2D eigenvalue weighted by molar-refractivity contribution is 7.19. The summed E-state index contributed by atoms with van der Waals surface area (Å²) in [5, 5.41) is 1.27. The van der Waals surface area contributed by atoms with Crippen molar-refractivity contribution in [3.8, 4) is 11.1 Å². The summed E-state index contributed by atoms with van der Waals surface area (Å²) in [6.45, 7) is 4.90. The van der Waals surface area contributed by atoms with Crippen LogP contribution in [0.15, 0.2) is 41.5 Å². The zero-order valence-electron chi connectivity index (χ0n) is 14.4. The normalized spacial score (nSPS) is 11.3. The van der Waals surface area contributed by atoms with Crippen molar-refractivity contribution in [1.29, 1.82) is 0 Å². The summed E-state index contributed by atoms with van der Waals surface area (Å²) in [4.78, 5) is 26.6. The van der Waals surface area contributed by atoms with Crippen LogP contribution in [0.25, 0.3) is 21.3 Å². The number of aromatic nitrogens is 4. The van der Waals surface area contributed by atoms with Gasteiger partial charge in [-0.25, -0.2) is 9.97 Å². The Balaban J connectivity index is 1.84. The molecule has 0 amide bonds. The molecule has 4 rings (SSSR count). The number of halogens is 1. The van der Waals surface area contributed by atoms with E-state index in [1.807, 2.05) is 42.0 Å². The van der Waals surface area contributed by atoms with Crippen LogP contribution in [0, 0.1) is 6.92 Å². The minimum absolute atomic E-state index is 0.126. The Bertz CT molecular complexity index is 1160. The first-order chi connectivity index (χ1) is 12.6. The summed E-state index contributed by atoms with van der Waals surface area (Å²) in [6, 6.07) is 7.56. The van der Waals surface area contributed by atoms with E-state index in [1.54, 1.807) is 6.20 Å². The van der Waals surface area contributed by atoms with Crippen molar-refractivity contribution >= 4 is 33.2 Å². The Hall–Kier alpha value is -2.44. The monoisotopic (exact) mass is 384 g/mol. The summed E-state index contributed by atoms with van der Waals surface area (Å²) in [7, 11) is 0. The van der Waals surface area contributed by atoms with Crippen LogP contribution in [0.4, 0.5) is 0 Å². The molecular weight excluding hydrogens is 368 g/mol. The molecule has 4 aromatic rings. The van der Waals surface area contributed by atoms with Gasteiger partial charge in [-0.3, -0.25) is 4.79 Å². The molecule has 5 nitrogen and oxygen atoms in total. The maximum Gasteiger partial charge on any atom is 0.260 e. The average Bonchev–Trinajstić information content (AvgIpc) is 3.18. The highest BCUT2D eigenvalue weighted by atomic mass is 35.5.